The molecule has 100 valence electrons. The molecule has 2 aromatic heterocycles. The van der Waals surface area contributed by atoms with Crippen LogP contribution in [0.1, 0.15) is 0 Å². The van der Waals surface area contributed by atoms with Gasteiger partial charge in [-0.1, -0.05) is 23.2 Å². The SMILES string of the molecule is Clc1ccc(-c2nc(Cl)nc(-n3cncn3)n2)c(Cl)c1. The predicted molar refractivity (Wildman–Crippen MR) is 75.2 cm³/mol. The number of rotatable bonds is 2. The van der Waals surface area contributed by atoms with Crippen LogP contribution >= 0.6 is 34.8 Å². The second kappa shape index (κ2) is 5.32. The summed E-state index contributed by atoms with van der Waals surface area (Å²) in [6, 6.07) is 5.00. The van der Waals surface area contributed by atoms with E-state index in [0.29, 0.717) is 21.4 Å². The molecule has 2 heterocycles. The number of nitrogens with zero attached hydrogens (tertiary/aromatic N) is 6. The minimum absolute atomic E-state index is 0.0338. The number of aromatic nitrogens is 6. The Morgan fingerprint density at radius 3 is 2.55 bits per heavy atom. The van der Waals surface area contributed by atoms with Crippen LogP contribution in [0.2, 0.25) is 15.3 Å². The van der Waals surface area contributed by atoms with Gasteiger partial charge in [-0.3, -0.25) is 0 Å². The van der Waals surface area contributed by atoms with Crippen LogP contribution in [0.25, 0.3) is 17.3 Å². The Hall–Kier alpha value is -1.76. The average Bonchev–Trinajstić information content (AvgIpc) is 2.91. The van der Waals surface area contributed by atoms with Crippen molar-refractivity contribution < 1.29 is 0 Å². The van der Waals surface area contributed by atoms with E-state index in [1.54, 1.807) is 18.2 Å². The fraction of sp³-hybridized carbons (Fsp3) is 0. The molecule has 0 radical (unpaired) electrons. The van der Waals surface area contributed by atoms with Gasteiger partial charge >= 0.3 is 0 Å². The molecule has 20 heavy (non-hydrogen) atoms. The molecule has 0 aliphatic heterocycles. The molecule has 0 atom stereocenters. The second-order valence-corrected chi connectivity index (χ2v) is 4.87. The third-order valence-electron chi connectivity index (χ3n) is 2.39. The molecule has 0 fully saturated rings. The van der Waals surface area contributed by atoms with E-state index in [0.717, 1.165) is 0 Å². The zero-order valence-corrected chi connectivity index (χ0v) is 12.0. The van der Waals surface area contributed by atoms with E-state index in [9.17, 15) is 0 Å². The maximum Gasteiger partial charge on any atom is 0.256 e. The Balaban J connectivity index is 2.14. The maximum atomic E-state index is 6.13. The Morgan fingerprint density at radius 1 is 1.00 bits per heavy atom. The van der Waals surface area contributed by atoms with Gasteiger partial charge in [-0.2, -0.15) is 24.7 Å². The van der Waals surface area contributed by atoms with Gasteiger partial charge in [0.1, 0.15) is 12.7 Å². The molecule has 0 bridgehead atoms. The van der Waals surface area contributed by atoms with E-state index in [4.69, 9.17) is 34.8 Å². The summed E-state index contributed by atoms with van der Waals surface area (Å²) in [6.45, 7) is 0. The lowest BCUT2D eigenvalue weighted by Crippen LogP contribution is -2.05. The summed E-state index contributed by atoms with van der Waals surface area (Å²) in [5.74, 6) is 0.584. The highest BCUT2D eigenvalue weighted by atomic mass is 35.5. The summed E-state index contributed by atoms with van der Waals surface area (Å²) in [7, 11) is 0. The number of hydrogen-bond acceptors (Lipinski definition) is 5. The highest BCUT2D eigenvalue weighted by Crippen LogP contribution is 2.28. The molecule has 0 aliphatic carbocycles. The normalized spacial score (nSPS) is 10.8. The standard InChI is InChI=1S/C11H5Cl3N6/c12-6-1-2-7(8(13)3-6)9-17-10(14)19-11(18-9)20-5-15-4-16-20/h1-5H. The smallest absolute Gasteiger partial charge is 0.223 e. The zero-order valence-electron chi connectivity index (χ0n) is 9.70. The number of halogens is 3. The van der Waals surface area contributed by atoms with Crippen LogP contribution in [-0.4, -0.2) is 29.7 Å². The third kappa shape index (κ3) is 2.58. The summed E-state index contributed by atoms with van der Waals surface area (Å²) in [4.78, 5) is 16.1. The van der Waals surface area contributed by atoms with Crippen molar-refractivity contribution in [2.75, 3.05) is 0 Å². The molecular weight excluding hydrogens is 323 g/mol. The summed E-state index contributed by atoms with van der Waals surface area (Å²) < 4.78 is 1.38. The van der Waals surface area contributed by atoms with Gasteiger partial charge < -0.3 is 0 Å². The summed E-state index contributed by atoms with van der Waals surface area (Å²) >= 11 is 17.9. The molecule has 1 aromatic carbocycles. The Bertz CT molecular complexity index is 759. The molecule has 3 aromatic rings. The van der Waals surface area contributed by atoms with E-state index in [1.807, 2.05) is 0 Å². The van der Waals surface area contributed by atoms with Crippen molar-refractivity contribution >= 4 is 34.8 Å². The van der Waals surface area contributed by atoms with Crippen LogP contribution in [-0.2, 0) is 0 Å². The van der Waals surface area contributed by atoms with Crippen LogP contribution in [0.15, 0.2) is 30.9 Å². The molecule has 0 saturated carbocycles. The number of hydrogen-bond donors (Lipinski definition) is 0. The van der Waals surface area contributed by atoms with Gasteiger partial charge in [-0.05, 0) is 29.8 Å². The maximum absolute atomic E-state index is 6.13. The second-order valence-electron chi connectivity index (χ2n) is 3.69. The quantitative estimate of drug-likeness (QED) is 0.723. The molecule has 0 aliphatic rings. The minimum Gasteiger partial charge on any atom is -0.223 e. The van der Waals surface area contributed by atoms with E-state index in [1.165, 1.54) is 17.3 Å². The first-order valence-electron chi connectivity index (χ1n) is 5.35. The highest BCUT2D eigenvalue weighted by molar-refractivity contribution is 6.36. The van der Waals surface area contributed by atoms with E-state index in [-0.39, 0.29) is 11.2 Å². The fourth-order valence-corrected chi connectivity index (χ4v) is 2.19. The first-order valence-corrected chi connectivity index (χ1v) is 6.49. The molecule has 0 spiro atoms. The number of benzene rings is 1. The van der Waals surface area contributed by atoms with Crippen LogP contribution in [0, 0.1) is 0 Å². The lowest BCUT2D eigenvalue weighted by Gasteiger charge is -2.05. The van der Waals surface area contributed by atoms with Crippen molar-refractivity contribution in [1.82, 2.24) is 29.7 Å². The molecule has 0 unspecified atom stereocenters. The molecule has 0 saturated heterocycles. The predicted octanol–water partition coefficient (Wildman–Crippen LogP) is 3.08. The van der Waals surface area contributed by atoms with Gasteiger partial charge in [-0.25, -0.2) is 4.98 Å². The topological polar surface area (TPSA) is 69.4 Å². The monoisotopic (exact) mass is 326 g/mol. The van der Waals surface area contributed by atoms with Crippen molar-refractivity contribution in [1.29, 1.82) is 0 Å². The molecule has 0 amide bonds. The lowest BCUT2D eigenvalue weighted by molar-refractivity contribution is 0.796. The molecule has 6 nitrogen and oxygen atoms in total. The van der Waals surface area contributed by atoms with Gasteiger partial charge in [0, 0.05) is 10.6 Å². The van der Waals surface area contributed by atoms with Crippen molar-refractivity contribution in [3.8, 4) is 17.3 Å². The third-order valence-corrected chi connectivity index (χ3v) is 3.11. The van der Waals surface area contributed by atoms with E-state index >= 15 is 0 Å². The molecule has 3 rings (SSSR count). The molecular formula is C11H5Cl3N6. The fourth-order valence-electron chi connectivity index (χ4n) is 1.54. The van der Waals surface area contributed by atoms with Crippen LogP contribution < -0.4 is 0 Å². The minimum atomic E-state index is 0.0338. The van der Waals surface area contributed by atoms with Gasteiger partial charge in [-0.15, -0.1) is 0 Å². The van der Waals surface area contributed by atoms with Crippen molar-refractivity contribution in [2.45, 2.75) is 0 Å². The van der Waals surface area contributed by atoms with Gasteiger partial charge in [0.25, 0.3) is 5.95 Å². The van der Waals surface area contributed by atoms with Crippen molar-refractivity contribution in [3.05, 3.63) is 46.2 Å². The van der Waals surface area contributed by atoms with Crippen molar-refractivity contribution in [3.63, 3.8) is 0 Å². The molecule has 9 heteroatoms. The van der Waals surface area contributed by atoms with Crippen LogP contribution in [0.3, 0.4) is 0 Å². The van der Waals surface area contributed by atoms with E-state index in [2.05, 4.69) is 25.0 Å². The van der Waals surface area contributed by atoms with Crippen LogP contribution in [0.4, 0.5) is 0 Å². The first kappa shape index (κ1) is 13.2. The lowest BCUT2D eigenvalue weighted by atomic mass is 10.2. The van der Waals surface area contributed by atoms with Gasteiger partial charge in [0.15, 0.2) is 5.82 Å². The summed E-state index contributed by atoms with van der Waals surface area (Å²) in [5, 5.41) is 4.92. The zero-order chi connectivity index (χ0) is 14.1. The summed E-state index contributed by atoms with van der Waals surface area (Å²) in [5.41, 5.74) is 0.599. The van der Waals surface area contributed by atoms with Crippen LogP contribution in [0.5, 0.6) is 0 Å². The largest absolute Gasteiger partial charge is 0.256 e. The highest BCUT2D eigenvalue weighted by Gasteiger charge is 2.12. The Labute approximate surface area is 128 Å². The Kier molecular flexibility index (Phi) is 3.52. The van der Waals surface area contributed by atoms with Gasteiger partial charge in [0.05, 0.1) is 5.02 Å². The Morgan fingerprint density at radius 2 is 1.85 bits per heavy atom. The van der Waals surface area contributed by atoms with E-state index < -0.39 is 0 Å². The van der Waals surface area contributed by atoms with Gasteiger partial charge in [0.2, 0.25) is 5.28 Å². The molecule has 0 N–H and O–H groups in total. The summed E-state index contributed by atoms with van der Waals surface area (Å²) in [6.07, 6.45) is 2.82. The van der Waals surface area contributed by atoms with Crippen molar-refractivity contribution in [2.24, 2.45) is 0 Å². The first-order chi connectivity index (χ1) is 9.63. The average molecular weight is 328 g/mol.